The van der Waals surface area contributed by atoms with Gasteiger partial charge in [-0.3, -0.25) is 0 Å². The standard InChI is InChI=1S/C24H28OS4Si/c1-15-13-16(2)26-23(15)21-9-7-19(28-21)20-8-10-22(29-20)24-18(14-17(3)27-24)11-12-25-30(4,5)6/h7-10,13-14H,11-12H2,1-6H3. The molecule has 6 heteroatoms. The van der Waals surface area contributed by atoms with E-state index >= 15 is 0 Å². The van der Waals surface area contributed by atoms with E-state index in [0.717, 1.165) is 13.0 Å². The molecular formula is C24H28OS4Si. The van der Waals surface area contributed by atoms with Crippen molar-refractivity contribution in [2.24, 2.45) is 0 Å². The lowest BCUT2D eigenvalue weighted by molar-refractivity contribution is 0.316. The van der Waals surface area contributed by atoms with Crippen molar-refractivity contribution >= 4 is 53.7 Å². The van der Waals surface area contributed by atoms with Crippen LogP contribution in [-0.2, 0) is 10.8 Å². The molecular weight excluding hydrogens is 461 g/mol. The minimum Gasteiger partial charge on any atom is -0.417 e. The van der Waals surface area contributed by atoms with Gasteiger partial charge in [0.25, 0.3) is 0 Å². The van der Waals surface area contributed by atoms with Gasteiger partial charge in [0, 0.05) is 45.6 Å². The highest BCUT2D eigenvalue weighted by molar-refractivity contribution is 7.28. The van der Waals surface area contributed by atoms with Crippen LogP contribution in [0.15, 0.2) is 36.4 Å². The summed E-state index contributed by atoms with van der Waals surface area (Å²) in [4.78, 5) is 11.1. The second kappa shape index (κ2) is 8.85. The summed E-state index contributed by atoms with van der Waals surface area (Å²) < 4.78 is 6.11. The Morgan fingerprint density at radius 2 is 1.23 bits per heavy atom. The molecule has 0 bridgehead atoms. The highest BCUT2D eigenvalue weighted by Crippen LogP contribution is 2.44. The van der Waals surface area contributed by atoms with Crippen molar-refractivity contribution in [1.82, 2.24) is 0 Å². The highest BCUT2D eigenvalue weighted by Gasteiger charge is 2.17. The van der Waals surface area contributed by atoms with Crippen LogP contribution in [0.2, 0.25) is 19.6 Å². The first-order valence-electron chi connectivity index (χ1n) is 10.2. The topological polar surface area (TPSA) is 9.23 Å². The molecule has 0 saturated heterocycles. The second-order valence-corrected chi connectivity index (χ2v) is 17.8. The molecule has 30 heavy (non-hydrogen) atoms. The van der Waals surface area contributed by atoms with Gasteiger partial charge in [0.2, 0.25) is 0 Å². The average molecular weight is 489 g/mol. The van der Waals surface area contributed by atoms with Gasteiger partial charge in [-0.25, -0.2) is 0 Å². The third kappa shape index (κ3) is 5.06. The molecule has 0 aromatic carbocycles. The monoisotopic (exact) mass is 488 g/mol. The number of aryl methyl sites for hydroxylation is 3. The van der Waals surface area contributed by atoms with Gasteiger partial charge in [-0.15, -0.1) is 45.3 Å². The summed E-state index contributed by atoms with van der Waals surface area (Å²) in [5.74, 6) is 0. The lowest BCUT2D eigenvalue weighted by Gasteiger charge is -2.16. The third-order valence-electron chi connectivity index (χ3n) is 4.78. The fourth-order valence-corrected chi connectivity index (χ4v) is 8.73. The molecule has 0 fully saturated rings. The largest absolute Gasteiger partial charge is 0.417 e. The Labute approximate surface area is 197 Å². The molecule has 0 aliphatic carbocycles. The summed E-state index contributed by atoms with van der Waals surface area (Å²) in [6, 6.07) is 13.8. The fourth-order valence-electron chi connectivity index (χ4n) is 3.50. The van der Waals surface area contributed by atoms with Gasteiger partial charge >= 0.3 is 0 Å². The molecule has 4 heterocycles. The molecule has 0 aliphatic rings. The molecule has 0 spiro atoms. The SMILES string of the molecule is Cc1cc(C)c(-c2ccc(-c3ccc(-c4sc(C)cc4CCO[Si](C)(C)C)s3)s2)s1. The van der Waals surface area contributed by atoms with Gasteiger partial charge in [-0.1, -0.05) is 0 Å². The summed E-state index contributed by atoms with van der Waals surface area (Å²) in [6.45, 7) is 14.2. The number of rotatable bonds is 7. The van der Waals surface area contributed by atoms with Crippen molar-refractivity contribution in [2.45, 2.75) is 46.8 Å². The molecule has 0 amide bonds. The minimum atomic E-state index is -1.46. The zero-order valence-corrected chi connectivity index (χ0v) is 22.7. The summed E-state index contributed by atoms with van der Waals surface area (Å²) in [7, 11) is -1.46. The predicted molar refractivity (Wildman–Crippen MR) is 141 cm³/mol. The Kier molecular flexibility index (Phi) is 6.54. The van der Waals surface area contributed by atoms with Crippen molar-refractivity contribution in [2.75, 3.05) is 6.61 Å². The van der Waals surface area contributed by atoms with E-state index < -0.39 is 8.32 Å². The predicted octanol–water partition coefficient (Wildman–Crippen LogP) is 9.25. The normalized spacial score (nSPS) is 12.1. The molecule has 4 aromatic heterocycles. The molecule has 0 unspecified atom stereocenters. The first-order valence-corrected chi connectivity index (χ1v) is 16.9. The molecule has 0 atom stereocenters. The van der Waals surface area contributed by atoms with Gasteiger partial charge in [-0.05, 0) is 94.4 Å². The quantitative estimate of drug-likeness (QED) is 0.235. The lowest BCUT2D eigenvalue weighted by Crippen LogP contribution is -2.26. The molecule has 158 valence electrons. The maximum absolute atomic E-state index is 6.11. The molecule has 0 saturated carbocycles. The maximum Gasteiger partial charge on any atom is 0.183 e. The molecule has 4 aromatic rings. The molecule has 0 N–H and O–H groups in total. The first kappa shape index (κ1) is 22.2. The Morgan fingerprint density at radius 1 is 0.700 bits per heavy atom. The summed E-state index contributed by atoms with van der Waals surface area (Å²) in [5, 5.41) is 0. The molecule has 0 aliphatic heterocycles. The average Bonchev–Trinajstić information content (AvgIpc) is 3.40. The van der Waals surface area contributed by atoms with Crippen LogP contribution in [0.3, 0.4) is 0 Å². The summed E-state index contributed by atoms with van der Waals surface area (Å²) in [6.07, 6.45) is 0.997. The fraction of sp³-hybridized carbons (Fsp3) is 0.333. The van der Waals surface area contributed by atoms with Crippen molar-refractivity contribution in [3.8, 4) is 29.3 Å². The Hall–Kier alpha value is -1.02. The van der Waals surface area contributed by atoms with Gasteiger partial charge in [0.15, 0.2) is 8.32 Å². The minimum absolute atomic E-state index is 0.824. The van der Waals surface area contributed by atoms with E-state index in [2.05, 4.69) is 76.8 Å². The Morgan fingerprint density at radius 3 is 1.80 bits per heavy atom. The zero-order valence-electron chi connectivity index (χ0n) is 18.4. The zero-order chi connectivity index (χ0) is 21.5. The van der Waals surface area contributed by atoms with Crippen molar-refractivity contribution in [3.63, 3.8) is 0 Å². The summed E-state index contributed by atoms with van der Waals surface area (Å²) in [5.41, 5.74) is 2.82. The van der Waals surface area contributed by atoms with Crippen molar-refractivity contribution in [3.05, 3.63) is 57.3 Å². The van der Waals surface area contributed by atoms with E-state index in [-0.39, 0.29) is 0 Å². The van der Waals surface area contributed by atoms with Crippen LogP contribution >= 0.6 is 45.3 Å². The van der Waals surface area contributed by atoms with E-state index in [0.29, 0.717) is 0 Å². The smallest absolute Gasteiger partial charge is 0.183 e. The molecule has 4 rings (SSSR count). The maximum atomic E-state index is 6.11. The van der Waals surface area contributed by atoms with E-state index in [1.165, 1.54) is 50.1 Å². The van der Waals surface area contributed by atoms with Crippen LogP contribution < -0.4 is 0 Å². The van der Waals surface area contributed by atoms with Gasteiger partial charge in [0.1, 0.15) is 0 Å². The van der Waals surface area contributed by atoms with Crippen LogP contribution in [-0.4, -0.2) is 14.9 Å². The lowest BCUT2D eigenvalue weighted by atomic mass is 10.1. The first-order chi connectivity index (χ1) is 14.2. The number of hydrogen-bond donors (Lipinski definition) is 0. The Bertz CT molecular complexity index is 1150. The summed E-state index contributed by atoms with van der Waals surface area (Å²) >= 11 is 7.64. The third-order valence-corrected chi connectivity index (χ3v) is 10.8. The van der Waals surface area contributed by atoms with E-state index in [9.17, 15) is 0 Å². The van der Waals surface area contributed by atoms with Gasteiger partial charge < -0.3 is 4.43 Å². The van der Waals surface area contributed by atoms with Crippen LogP contribution in [0, 0.1) is 20.8 Å². The highest BCUT2D eigenvalue weighted by atomic mass is 32.1. The molecule has 0 radical (unpaired) electrons. The van der Waals surface area contributed by atoms with Crippen LogP contribution in [0.25, 0.3) is 29.3 Å². The van der Waals surface area contributed by atoms with Crippen LogP contribution in [0.1, 0.15) is 20.9 Å². The van der Waals surface area contributed by atoms with Crippen LogP contribution in [0.5, 0.6) is 0 Å². The van der Waals surface area contributed by atoms with Gasteiger partial charge in [-0.2, -0.15) is 0 Å². The second-order valence-electron chi connectivity index (χ2n) is 8.62. The van der Waals surface area contributed by atoms with Gasteiger partial charge in [0.05, 0.1) is 0 Å². The van der Waals surface area contributed by atoms with Crippen LogP contribution in [0.4, 0.5) is 0 Å². The molecule has 1 nitrogen and oxygen atoms in total. The van der Waals surface area contributed by atoms with E-state index in [1.807, 2.05) is 45.3 Å². The Balaban J connectivity index is 1.56. The van der Waals surface area contributed by atoms with E-state index in [1.54, 1.807) is 0 Å². The van der Waals surface area contributed by atoms with Crippen molar-refractivity contribution in [1.29, 1.82) is 0 Å². The van der Waals surface area contributed by atoms with Crippen molar-refractivity contribution < 1.29 is 4.43 Å². The number of thiophene rings is 4. The van der Waals surface area contributed by atoms with E-state index in [4.69, 9.17) is 4.43 Å². The number of hydrogen-bond acceptors (Lipinski definition) is 5.